The quantitative estimate of drug-likeness (QED) is 0.216. The number of rotatable bonds is 7. The van der Waals surface area contributed by atoms with Gasteiger partial charge in [-0.3, -0.25) is 9.59 Å². The second-order valence-electron chi connectivity index (χ2n) is 10.9. The third-order valence-electron chi connectivity index (χ3n) is 8.61. The highest BCUT2D eigenvalue weighted by molar-refractivity contribution is 6.03. The van der Waals surface area contributed by atoms with E-state index in [0.717, 1.165) is 11.1 Å². The first kappa shape index (κ1) is 26.6. The normalized spacial score (nSPS) is 23.9. The summed E-state index contributed by atoms with van der Waals surface area (Å²) in [6.07, 6.45) is 0.233. The van der Waals surface area contributed by atoms with Crippen molar-refractivity contribution >= 4 is 11.6 Å². The van der Waals surface area contributed by atoms with Gasteiger partial charge in [0, 0.05) is 23.0 Å². The highest BCUT2D eigenvalue weighted by Gasteiger charge is 2.58. The van der Waals surface area contributed by atoms with Gasteiger partial charge in [-0.15, -0.1) is 0 Å². The summed E-state index contributed by atoms with van der Waals surface area (Å²) in [6, 6.07) is 47.8. The number of hydrogen-bond donors (Lipinski definition) is 1. The molecule has 1 aliphatic carbocycles. The van der Waals surface area contributed by atoms with Gasteiger partial charge in [-0.05, 0) is 29.0 Å². The number of Topliss-reactive ketones (excluding diaryl/α,β-unsaturated/α-hetero) is 2. The van der Waals surface area contributed by atoms with Crippen molar-refractivity contribution in [2.75, 3.05) is 0 Å². The van der Waals surface area contributed by atoms with Gasteiger partial charge in [0.25, 0.3) is 0 Å². The molecule has 0 saturated heterocycles. The molecule has 0 bridgehead atoms. The molecule has 1 N–H and O–H groups in total. The van der Waals surface area contributed by atoms with Crippen LogP contribution in [0.25, 0.3) is 0 Å². The van der Waals surface area contributed by atoms with Crippen molar-refractivity contribution in [3.8, 4) is 0 Å². The number of carbonyl (C=O) groups excluding carboxylic acids is 2. The second kappa shape index (κ2) is 11.5. The summed E-state index contributed by atoms with van der Waals surface area (Å²) >= 11 is 0. The summed E-state index contributed by atoms with van der Waals surface area (Å²) in [5, 5.41) is 12.9. The van der Waals surface area contributed by atoms with E-state index in [1.54, 1.807) is 12.1 Å². The van der Waals surface area contributed by atoms with Crippen LogP contribution in [0.2, 0.25) is 0 Å². The Balaban J connectivity index is 1.64. The maximum atomic E-state index is 14.6. The van der Waals surface area contributed by atoms with Crippen molar-refractivity contribution < 1.29 is 14.7 Å². The zero-order valence-corrected chi connectivity index (χ0v) is 22.7. The van der Waals surface area contributed by atoms with Gasteiger partial charge < -0.3 is 5.11 Å². The lowest BCUT2D eigenvalue weighted by Crippen LogP contribution is -2.53. The smallest absolute Gasteiger partial charge is 0.169 e. The summed E-state index contributed by atoms with van der Waals surface area (Å²) in [4.78, 5) is 29.3. The van der Waals surface area contributed by atoms with Gasteiger partial charge in [0.2, 0.25) is 0 Å². The Morgan fingerprint density at radius 1 is 0.537 bits per heavy atom. The minimum absolute atomic E-state index is 0.0192. The van der Waals surface area contributed by atoms with Crippen LogP contribution in [0.4, 0.5) is 0 Å². The van der Waals surface area contributed by atoms with E-state index in [9.17, 15) is 14.7 Å². The van der Waals surface area contributed by atoms with Crippen molar-refractivity contribution in [1.82, 2.24) is 0 Å². The van der Waals surface area contributed by atoms with E-state index in [0.29, 0.717) is 16.7 Å². The summed E-state index contributed by atoms with van der Waals surface area (Å²) < 4.78 is 0. The van der Waals surface area contributed by atoms with Crippen LogP contribution in [0, 0.1) is 11.8 Å². The molecule has 3 heteroatoms. The summed E-state index contributed by atoms with van der Waals surface area (Å²) in [5.74, 6) is -2.58. The number of hydrogen-bond acceptors (Lipinski definition) is 3. The molecule has 0 aliphatic heterocycles. The van der Waals surface area contributed by atoms with Gasteiger partial charge >= 0.3 is 0 Å². The molecule has 5 aromatic carbocycles. The number of benzene rings is 5. The van der Waals surface area contributed by atoms with Gasteiger partial charge in [-0.1, -0.05) is 152 Å². The Bertz CT molecular complexity index is 1600. The molecule has 0 unspecified atom stereocenters. The topological polar surface area (TPSA) is 54.4 Å². The van der Waals surface area contributed by atoms with Gasteiger partial charge in [0.15, 0.2) is 11.6 Å². The Kier molecular flexibility index (Phi) is 7.45. The standard InChI is InChI=1S/C38H32O3/c39-36(29-20-10-3-11-21-29)34-32(27-16-6-1-7-17-27)26-38(41,31-24-14-5-15-25-31)35(33(34)28-18-8-2-9-19-28)37(40)30-22-12-4-13-23-30/h1-25,32-35,41H,26H2/t32-,33+,34+,35-,38-/m0/s1. The lowest BCUT2D eigenvalue weighted by molar-refractivity contribution is -0.0690. The maximum absolute atomic E-state index is 14.6. The molecular weight excluding hydrogens is 504 g/mol. The fourth-order valence-electron chi connectivity index (χ4n) is 6.77. The van der Waals surface area contributed by atoms with Crippen molar-refractivity contribution in [3.05, 3.63) is 179 Å². The number of ketones is 2. The number of aliphatic hydroxyl groups is 1. The monoisotopic (exact) mass is 536 g/mol. The third kappa shape index (κ3) is 5.05. The van der Waals surface area contributed by atoms with Crippen molar-refractivity contribution in [1.29, 1.82) is 0 Å². The maximum Gasteiger partial charge on any atom is 0.169 e. The Hall–Kier alpha value is -4.60. The van der Waals surface area contributed by atoms with E-state index < -0.39 is 23.4 Å². The average Bonchev–Trinajstić information content (AvgIpc) is 3.05. The molecule has 1 aliphatic rings. The van der Waals surface area contributed by atoms with Crippen LogP contribution in [0.1, 0.15) is 55.7 Å². The van der Waals surface area contributed by atoms with Gasteiger partial charge in [-0.25, -0.2) is 0 Å². The van der Waals surface area contributed by atoms with E-state index in [4.69, 9.17) is 0 Å². The molecule has 3 nitrogen and oxygen atoms in total. The first-order chi connectivity index (χ1) is 20.1. The van der Waals surface area contributed by atoms with Crippen LogP contribution in [-0.4, -0.2) is 16.7 Å². The van der Waals surface area contributed by atoms with Crippen LogP contribution in [0.5, 0.6) is 0 Å². The summed E-state index contributed by atoms with van der Waals surface area (Å²) in [5.41, 5.74) is 2.13. The van der Waals surface area contributed by atoms with Gasteiger partial charge in [-0.2, -0.15) is 0 Å². The van der Waals surface area contributed by atoms with Crippen LogP contribution in [0.3, 0.4) is 0 Å². The molecule has 1 saturated carbocycles. The fraction of sp³-hybridized carbons (Fsp3) is 0.158. The zero-order valence-electron chi connectivity index (χ0n) is 22.7. The molecule has 5 aromatic rings. The van der Waals surface area contributed by atoms with Gasteiger partial charge in [0.1, 0.15) is 5.60 Å². The number of carbonyl (C=O) groups is 2. The molecule has 5 atom stereocenters. The Labute approximate surface area is 241 Å². The molecule has 0 radical (unpaired) electrons. The molecule has 202 valence electrons. The zero-order chi connectivity index (χ0) is 28.2. The molecule has 41 heavy (non-hydrogen) atoms. The van der Waals surface area contributed by atoms with E-state index in [1.807, 2.05) is 140 Å². The molecule has 0 spiro atoms. The van der Waals surface area contributed by atoms with Crippen molar-refractivity contribution in [2.24, 2.45) is 11.8 Å². The predicted molar refractivity (Wildman–Crippen MR) is 162 cm³/mol. The Morgan fingerprint density at radius 2 is 0.951 bits per heavy atom. The van der Waals surface area contributed by atoms with Crippen LogP contribution >= 0.6 is 0 Å². The van der Waals surface area contributed by atoms with Crippen molar-refractivity contribution in [2.45, 2.75) is 23.9 Å². The lowest BCUT2D eigenvalue weighted by Gasteiger charge is -2.51. The van der Waals surface area contributed by atoms with Gasteiger partial charge in [0.05, 0.1) is 5.92 Å². The van der Waals surface area contributed by atoms with Crippen LogP contribution in [0.15, 0.2) is 152 Å². The summed E-state index contributed by atoms with van der Waals surface area (Å²) in [6.45, 7) is 0. The second-order valence-corrected chi connectivity index (χ2v) is 10.9. The largest absolute Gasteiger partial charge is 0.384 e. The van der Waals surface area contributed by atoms with E-state index in [1.165, 1.54) is 0 Å². The molecule has 0 amide bonds. The first-order valence-electron chi connectivity index (χ1n) is 14.1. The fourth-order valence-corrected chi connectivity index (χ4v) is 6.77. The highest BCUT2D eigenvalue weighted by atomic mass is 16.3. The molecule has 0 heterocycles. The van der Waals surface area contributed by atoms with Crippen molar-refractivity contribution in [3.63, 3.8) is 0 Å². The Morgan fingerprint density at radius 3 is 1.46 bits per heavy atom. The third-order valence-corrected chi connectivity index (χ3v) is 8.61. The SMILES string of the molecule is O=C(c1ccccc1)[C@H]1[C@@H](c2ccccc2)[C@@H](C(=O)c2ccccc2)[C@@](O)(c2ccccc2)C[C@H]1c1ccccc1. The highest BCUT2D eigenvalue weighted by Crippen LogP contribution is 2.58. The lowest BCUT2D eigenvalue weighted by atomic mass is 9.52. The molecular formula is C38H32O3. The first-order valence-corrected chi connectivity index (χ1v) is 14.1. The molecule has 0 aromatic heterocycles. The van der Waals surface area contributed by atoms with Crippen LogP contribution < -0.4 is 0 Å². The summed E-state index contributed by atoms with van der Waals surface area (Å²) in [7, 11) is 0. The predicted octanol–water partition coefficient (Wildman–Crippen LogP) is 7.84. The molecule has 6 rings (SSSR count). The molecule has 1 fully saturated rings. The minimum Gasteiger partial charge on any atom is -0.384 e. The van der Waals surface area contributed by atoms with E-state index in [-0.39, 0.29) is 23.9 Å². The van der Waals surface area contributed by atoms with E-state index in [2.05, 4.69) is 0 Å². The average molecular weight is 537 g/mol. The van der Waals surface area contributed by atoms with E-state index >= 15 is 0 Å². The minimum atomic E-state index is -1.53. The van der Waals surface area contributed by atoms with Crippen LogP contribution in [-0.2, 0) is 5.60 Å².